The van der Waals surface area contributed by atoms with Gasteiger partial charge in [0.2, 0.25) is 0 Å². The summed E-state index contributed by atoms with van der Waals surface area (Å²) in [5.41, 5.74) is 6.64. The second kappa shape index (κ2) is 5.61. The van der Waals surface area contributed by atoms with E-state index in [0.717, 1.165) is 30.6 Å². The predicted octanol–water partition coefficient (Wildman–Crippen LogP) is 2.78. The number of ether oxygens (including phenoxy) is 2. The van der Waals surface area contributed by atoms with Gasteiger partial charge >= 0.3 is 0 Å². The third-order valence-corrected chi connectivity index (χ3v) is 3.29. The van der Waals surface area contributed by atoms with Crippen molar-refractivity contribution >= 4 is 11.6 Å². The second-order valence-electron chi connectivity index (χ2n) is 4.31. The number of methoxy groups -OCH3 is 1. The minimum atomic E-state index is 0.321. The Kier molecular flexibility index (Phi) is 4.13. The van der Waals surface area contributed by atoms with Gasteiger partial charge in [-0.2, -0.15) is 0 Å². The van der Waals surface area contributed by atoms with Crippen LogP contribution in [0.5, 0.6) is 11.5 Å². The van der Waals surface area contributed by atoms with Crippen molar-refractivity contribution in [1.82, 2.24) is 0 Å². The standard InChI is InChI=1S/C13H18ClNO2/c1-16-12-8-10(14)7-9(5-6-15)13(12)17-11-3-2-4-11/h7-8,11H,2-6,15H2,1H3. The maximum atomic E-state index is 6.04. The van der Waals surface area contributed by atoms with Crippen molar-refractivity contribution in [2.24, 2.45) is 5.73 Å². The van der Waals surface area contributed by atoms with Gasteiger partial charge in [0.05, 0.1) is 13.2 Å². The lowest BCUT2D eigenvalue weighted by Gasteiger charge is -2.28. The van der Waals surface area contributed by atoms with Gasteiger partial charge in [0.1, 0.15) is 0 Å². The van der Waals surface area contributed by atoms with Crippen molar-refractivity contribution in [3.8, 4) is 11.5 Å². The molecule has 0 heterocycles. The number of hydrogen-bond donors (Lipinski definition) is 1. The van der Waals surface area contributed by atoms with Crippen LogP contribution in [-0.2, 0) is 6.42 Å². The molecule has 1 aromatic carbocycles. The fraction of sp³-hybridized carbons (Fsp3) is 0.538. The van der Waals surface area contributed by atoms with Crippen LogP contribution >= 0.6 is 11.6 Å². The largest absolute Gasteiger partial charge is 0.493 e. The minimum Gasteiger partial charge on any atom is -0.493 e. The zero-order valence-electron chi connectivity index (χ0n) is 10.0. The van der Waals surface area contributed by atoms with Crippen LogP contribution in [0.3, 0.4) is 0 Å². The maximum Gasteiger partial charge on any atom is 0.164 e. The summed E-state index contributed by atoms with van der Waals surface area (Å²) >= 11 is 6.04. The smallest absolute Gasteiger partial charge is 0.164 e. The molecule has 0 saturated heterocycles. The Balaban J connectivity index is 2.29. The molecular formula is C13H18ClNO2. The molecule has 2 N–H and O–H groups in total. The van der Waals surface area contributed by atoms with Crippen molar-refractivity contribution in [2.75, 3.05) is 13.7 Å². The summed E-state index contributed by atoms with van der Waals surface area (Å²) in [6.45, 7) is 0.574. The van der Waals surface area contributed by atoms with E-state index in [2.05, 4.69) is 0 Å². The highest BCUT2D eigenvalue weighted by Crippen LogP contribution is 2.38. The molecule has 0 bridgehead atoms. The number of hydrogen-bond acceptors (Lipinski definition) is 3. The van der Waals surface area contributed by atoms with Crippen molar-refractivity contribution in [3.05, 3.63) is 22.7 Å². The van der Waals surface area contributed by atoms with E-state index in [4.69, 9.17) is 26.8 Å². The van der Waals surface area contributed by atoms with E-state index >= 15 is 0 Å². The van der Waals surface area contributed by atoms with E-state index in [1.165, 1.54) is 6.42 Å². The molecule has 0 spiro atoms. The summed E-state index contributed by atoms with van der Waals surface area (Å²) in [5.74, 6) is 1.51. The van der Waals surface area contributed by atoms with Crippen LogP contribution in [0.1, 0.15) is 24.8 Å². The lowest BCUT2D eigenvalue weighted by molar-refractivity contribution is 0.115. The SMILES string of the molecule is COc1cc(Cl)cc(CCN)c1OC1CCC1. The lowest BCUT2D eigenvalue weighted by Crippen LogP contribution is -2.25. The van der Waals surface area contributed by atoms with Crippen LogP contribution in [0.2, 0.25) is 5.02 Å². The lowest BCUT2D eigenvalue weighted by atomic mass is 9.96. The van der Waals surface area contributed by atoms with Crippen LogP contribution in [0.25, 0.3) is 0 Å². The Labute approximate surface area is 107 Å². The average molecular weight is 256 g/mol. The average Bonchev–Trinajstić information content (AvgIpc) is 2.25. The van der Waals surface area contributed by atoms with E-state index < -0.39 is 0 Å². The van der Waals surface area contributed by atoms with Crippen molar-refractivity contribution in [2.45, 2.75) is 31.8 Å². The molecule has 1 aliphatic rings. The van der Waals surface area contributed by atoms with E-state index in [1.54, 1.807) is 13.2 Å². The predicted molar refractivity (Wildman–Crippen MR) is 69.0 cm³/mol. The molecule has 4 heteroatoms. The molecule has 2 rings (SSSR count). The summed E-state index contributed by atoms with van der Waals surface area (Å²) in [4.78, 5) is 0. The van der Waals surface area contributed by atoms with Gasteiger partial charge in [0, 0.05) is 16.7 Å². The van der Waals surface area contributed by atoms with Gasteiger partial charge in [-0.25, -0.2) is 0 Å². The van der Waals surface area contributed by atoms with E-state index in [0.29, 0.717) is 23.4 Å². The van der Waals surface area contributed by atoms with E-state index in [-0.39, 0.29) is 0 Å². The Bertz CT molecular complexity index is 391. The van der Waals surface area contributed by atoms with E-state index in [1.807, 2.05) is 6.07 Å². The van der Waals surface area contributed by atoms with Crippen molar-refractivity contribution < 1.29 is 9.47 Å². The van der Waals surface area contributed by atoms with Crippen LogP contribution < -0.4 is 15.2 Å². The summed E-state index contributed by atoms with van der Waals surface area (Å²) in [7, 11) is 1.63. The van der Waals surface area contributed by atoms with E-state index in [9.17, 15) is 0 Å². The third-order valence-electron chi connectivity index (χ3n) is 3.07. The normalized spacial score (nSPS) is 15.5. The summed E-state index contributed by atoms with van der Waals surface area (Å²) < 4.78 is 11.3. The van der Waals surface area contributed by atoms with Crippen LogP contribution in [-0.4, -0.2) is 19.8 Å². The highest BCUT2D eigenvalue weighted by molar-refractivity contribution is 6.30. The van der Waals surface area contributed by atoms with Gasteiger partial charge in [-0.15, -0.1) is 0 Å². The molecule has 0 atom stereocenters. The minimum absolute atomic E-state index is 0.321. The molecule has 3 nitrogen and oxygen atoms in total. The molecule has 1 aromatic rings. The molecule has 94 valence electrons. The molecule has 0 amide bonds. The molecule has 0 unspecified atom stereocenters. The van der Waals surface area contributed by atoms with Crippen LogP contribution in [0.4, 0.5) is 0 Å². The molecule has 0 aromatic heterocycles. The topological polar surface area (TPSA) is 44.5 Å². The Morgan fingerprint density at radius 1 is 1.41 bits per heavy atom. The number of benzene rings is 1. The van der Waals surface area contributed by atoms with Crippen LogP contribution in [0, 0.1) is 0 Å². The zero-order chi connectivity index (χ0) is 12.3. The van der Waals surface area contributed by atoms with Crippen molar-refractivity contribution in [1.29, 1.82) is 0 Å². The summed E-state index contributed by atoms with van der Waals surface area (Å²) in [6.07, 6.45) is 4.55. The van der Waals surface area contributed by atoms with Gasteiger partial charge in [-0.3, -0.25) is 0 Å². The first-order valence-corrected chi connectivity index (χ1v) is 6.35. The first-order chi connectivity index (χ1) is 8.24. The van der Waals surface area contributed by atoms with Gasteiger partial charge in [-0.05, 0) is 38.3 Å². The first-order valence-electron chi connectivity index (χ1n) is 5.97. The highest BCUT2D eigenvalue weighted by atomic mass is 35.5. The third kappa shape index (κ3) is 2.85. The molecular weight excluding hydrogens is 238 g/mol. The fourth-order valence-electron chi connectivity index (χ4n) is 1.90. The molecule has 1 saturated carbocycles. The molecule has 0 aliphatic heterocycles. The number of nitrogens with two attached hydrogens (primary N) is 1. The molecule has 17 heavy (non-hydrogen) atoms. The quantitative estimate of drug-likeness (QED) is 0.880. The zero-order valence-corrected chi connectivity index (χ0v) is 10.8. The second-order valence-corrected chi connectivity index (χ2v) is 4.74. The van der Waals surface area contributed by atoms with Crippen molar-refractivity contribution in [3.63, 3.8) is 0 Å². The highest BCUT2D eigenvalue weighted by Gasteiger charge is 2.22. The molecule has 1 aliphatic carbocycles. The Morgan fingerprint density at radius 3 is 2.71 bits per heavy atom. The number of rotatable bonds is 5. The molecule has 0 radical (unpaired) electrons. The molecule has 1 fully saturated rings. The maximum absolute atomic E-state index is 6.04. The summed E-state index contributed by atoms with van der Waals surface area (Å²) in [6, 6.07) is 3.69. The number of halogens is 1. The van der Waals surface area contributed by atoms with Gasteiger partial charge in [-0.1, -0.05) is 11.6 Å². The Morgan fingerprint density at radius 2 is 2.18 bits per heavy atom. The van der Waals surface area contributed by atoms with Gasteiger partial charge in [0.25, 0.3) is 0 Å². The van der Waals surface area contributed by atoms with Gasteiger partial charge < -0.3 is 15.2 Å². The van der Waals surface area contributed by atoms with Gasteiger partial charge in [0.15, 0.2) is 11.5 Å². The fourth-order valence-corrected chi connectivity index (χ4v) is 2.14. The monoisotopic (exact) mass is 255 g/mol. The summed E-state index contributed by atoms with van der Waals surface area (Å²) in [5, 5.41) is 0.659. The first kappa shape index (κ1) is 12.5. The Hall–Kier alpha value is -0.930. The van der Waals surface area contributed by atoms with Crippen LogP contribution in [0.15, 0.2) is 12.1 Å².